The van der Waals surface area contributed by atoms with Gasteiger partial charge in [-0.1, -0.05) is 11.6 Å². The van der Waals surface area contributed by atoms with Crippen molar-refractivity contribution in [2.45, 2.75) is 25.2 Å². The first-order valence-corrected chi connectivity index (χ1v) is 9.00. The molecule has 0 fully saturated rings. The molecule has 1 heterocycles. The first kappa shape index (κ1) is 17.8. The van der Waals surface area contributed by atoms with E-state index in [1.807, 2.05) is 0 Å². The van der Waals surface area contributed by atoms with Crippen LogP contribution in [-0.2, 0) is 4.79 Å². The molecule has 130 valence electrons. The molecule has 1 aromatic carbocycles. The fourth-order valence-electron chi connectivity index (χ4n) is 3.58. The van der Waals surface area contributed by atoms with E-state index in [-0.39, 0.29) is 5.78 Å². The van der Waals surface area contributed by atoms with E-state index in [4.69, 9.17) is 22.1 Å². The van der Waals surface area contributed by atoms with Crippen LogP contribution in [0.4, 0.5) is 0 Å². The van der Waals surface area contributed by atoms with Crippen molar-refractivity contribution in [3.05, 3.63) is 49.9 Å². The first-order valence-electron chi connectivity index (χ1n) is 7.83. The summed E-state index contributed by atoms with van der Waals surface area (Å²) >= 11 is 9.68. The van der Waals surface area contributed by atoms with Crippen molar-refractivity contribution >= 4 is 33.3 Å². The lowest BCUT2D eigenvalue weighted by molar-refractivity contribution is -0.116. The van der Waals surface area contributed by atoms with Crippen molar-refractivity contribution < 1.29 is 9.53 Å². The fourth-order valence-corrected chi connectivity index (χ4v) is 4.58. The Kier molecular flexibility index (Phi) is 4.81. The number of Topliss-reactive ketones (excluding diaryl/α,β-unsaturated/α-hetero) is 1. The van der Waals surface area contributed by atoms with Gasteiger partial charge in [0.25, 0.3) is 0 Å². The molecular weight excluding hydrogens is 406 g/mol. The third-order valence-electron chi connectivity index (χ3n) is 4.72. The number of hydrogen-bond donors (Lipinski definition) is 1. The Morgan fingerprint density at radius 2 is 2.16 bits per heavy atom. The van der Waals surface area contributed by atoms with Gasteiger partial charge in [0.05, 0.1) is 29.1 Å². The number of rotatable bonds is 2. The Morgan fingerprint density at radius 1 is 1.44 bits per heavy atom. The highest BCUT2D eigenvalue weighted by atomic mass is 79.9. The molecule has 7 heteroatoms. The Morgan fingerprint density at radius 3 is 2.80 bits per heavy atom. The van der Waals surface area contributed by atoms with Gasteiger partial charge in [-0.3, -0.25) is 4.79 Å². The highest BCUT2D eigenvalue weighted by Gasteiger charge is 2.40. The summed E-state index contributed by atoms with van der Waals surface area (Å²) in [5.41, 5.74) is 8.72. The van der Waals surface area contributed by atoms with Gasteiger partial charge in [0.15, 0.2) is 5.78 Å². The normalized spacial score (nSPS) is 20.5. The Balaban J connectivity index is 2.34. The third kappa shape index (κ3) is 2.82. The van der Waals surface area contributed by atoms with Crippen molar-refractivity contribution in [2.24, 2.45) is 5.73 Å². The molecule has 0 unspecified atom stereocenters. The minimum absolute atomic E-state index is 0.0384. The molecule has 0 saturated heterocycles. The molecule has 0 amide bonds. The highest BCUT2D eigenvalue weighted by Crippen LogP contribution is 2.48. The third-order valence-corrected chi connectivity index (χ3v) is 5.53. The highest BCUT2D eigenvalue weighted by molar-refractivity contribution is 9.10. The number of nitrogens with two attached hydrogens (primary N) is 1. The van der Waals surface area contributed by atoms with Crippen molar-refractivity contribution in [1.29, 1.82) is 5.26 Å². The van der Waals surface area contributed by atoms with Crippen LogP contribution in [0.3, 0.4) is 0 Å². The first-order chi connectivity index (χ1) is 11.9. The van der Waals surface area contributed by atoms with Gasteiger partial charge in [-0.15, -0.1) is 0 Å². The topological polar surface area (TPSA) is 79.3 Å². The van der Waals surface area contributed by atoms with Crippen LogP contribution in [0.25, 0.3) is 0 Å². The number of ether oxygens (including phenoxy) is 1. The smallest absolute Gasteiger partial charge is 0.161 e. The second kappa shape index (κ2) is 6.74. The maximum Gasteiger partial charge on any atom is 0.161 e. The summed E-state index contributed by atoms with van der Waals surface area (Å²) in [5, 5.41) is 10.2. The predicted octanol–water partition coefficient (Wildman–Crippen LogP) is 3.84. The lowest BCUT2D eigenvalue weighted by Gasteiger charge is -2.38. The molecule has 2 N–H and O–H groups in total. The molecule has 2 aliphatic rings. The molecule has 0 aromatic heterocycles. The second-order valence-corrected chi connectivity index (χ2v) is 7.34. The van der Waals surface area contributed by atoms with Crippen molar-refractivity contribution in [3.63, 3.8) is 0 Å². The van der Waals surface area contributed by atoms with E-state index in [0.717, 1.165) is 18.5 Å². The average Bonchev–Trinajstić information content (AvgIpc) is 2.57. The standard InChI is InChI=1S/C18H17BrClN3O2/c1-23-13-4-3-5-14(24)16(13)15(11(8-21)18(23)22)10-6-9(20)7-12(19)17(10)25-2/h6-7,15H,3-5,22H2,1-2H3/t15-/m1/s1. The van der Waals surface area contributed by atoms with Crippen LogP contribution in [0.2, 0.25) is 5.02 Å². The van der Waals surface area contributed by atoms with Gasteiger partial charge in [-0.25, -0.2) is 0 Å². The number of ketones is 1. The van der Waals surface area contributed by atoms with E-state index in [2.05, 4.69) is 22.0 Å². The number of carbonyl (C=O) groups excluding carboxylic acids is 1. The largest absolute Gasteiger partial charge is 0.495 e. The summed E-state index contributed by atoms with van der Waals surface area (Å²) in [6.45, 7) is 0. The van der Waals surface area contributed by atoms with E-state index in [1.165, 1.54) is 0 Å². The molecule has 1 atom stereocenters. The predicted molar refractivity (Wildman–Crippen MR) is 98.9 cm³/mol. The van der Waals surface area contributed by atoms with Crippen LogP contribution in [0.1, 0.15) is 30.7 Å². The average molecular weight is 423 g/mol. The van der Waals surface area contributed by atoms with E-state index in [1.54, 1.807) is 31.2 Å². The number of nitrogens with zero attached hydrogens (tertiary/aromatic N) is 2. The van der Waals surface area contributed by atoms with E-state index in [0.29, 0.717) is 44.2 Å². The molecule has 3 rings (SSSR count). The Hall–Kier alpha value is -1.97. The number of nitriles is 1. The van der Waals surface area contributed by atoms with E-state index >= 15 is 0 Å². The summed E-state index contributed by atoms with van der Waals surface area (Å²) in [4.78, 5) is 14.5. The number of carbonyl (C=O) groups is 1. The van der Waals surface area contributed by atoms with Crippen molar-refractivity contribution in [3.8, 4) is 11.8 Å². The summed E-state index contributed by atoms with van der Waals surface area (Å²) in [6.07, 6.45) is 1.99. The van der Waals surface area contributed by atoms with E-state index < -0.39 is 5.92 Å². The van der Waals surface area contributed by atoms with Gasteiger partial charge in [0.2, 0.25) is 0 Å². The van der Waals surface area contributed by atoms with Crippen LogP contribution < -0.4 is 10.5 Å². The zero-order chi connectivity index (χ0) is 18.3. The molecule has 0 bridgehead atoms. The number of methoxy groups -OCH3 is 1. The molecule has 5 nitrogen and oxygen atoms in total. The van der Waals surface area contributed by atoms with Crippen LogP contribution in [0, 0.1) is 11.3 Å². The zero-order valence-electron chi connectivity index (χ0n) is 13.9. The molecule has 0 radical (unpaired) electrons. The Labute approximate surface area is 159 Å². The van der Waals surface area contributed by atoms with Gasteiger partial charge in [0.1, 0.15) is 11.6 Å². The van der Waals surface area contributed by atoms with Gasteiger partial charge in [-0.05, 0) is 40.9 Å². The van der Waals surface area contributed by atoms with Crippen molar-refractivity contribution in [1.82, 2.24) is 4.90 Å². The van der Waals surface area contributed by atoms with Gasteiger partial charge in [-0.2, -0.15) is 5.26 Å². The SMILES string of the molecule is COc1c(Br)cc(Cl)cc1[C@@H]1C(C#N)=C(N)N(C)C2=C1C(=O)CCC2. The maximum atomic E-state index is 12.8. The van der Waals surface area contributed by atoms with Gasteiger partial charge in [0, 0.05) is 35.3 Å². The van der Waals surface area contributed by atoms with Crippen LogP contribution in [-0.4, -0.2) is 24.8 Å². The minimum Gasteiger partial charge on any atom is -0.495 e. The molecular formula is C18H17BrClN3O2. The second-order valence-electron chi connectivity index (χ2n) is 6.05. The summed E-state index contributed by atoms with van der Waals surface area (Å²) in [5.74, 6) is 0.370. The number of benzene rings is 1. The number of allylic oxidation sites excluding steroid dienone is 3. The van der Waals surface area contributed by atoms with Crippen molar-refractivity contribution in [2.75, 3.05) is 14.2 Å². The lowest BCUT2D eigenvalue weighted by Crippen LogP contribution is -2.36. The number of hydrogen-bond acceptors (Lipinski definition) is 5. The van der Waals surface area contributed by atoms with Crippen LogP contribution in [0.15, 0.2) is 39.3 Å². The molecule has 0 saturated carbocycles. The summed E-state index contributed by atoms with van der Waals surface area (Å²) in [7, 11) is 3.34. The summed E-state index contributed by atoms with van der Waals surface area (Å²) < 4.78 is 6.19. The van der Waals surface area contributed by atoms with Crippen LogP contribution in [0.5, 0.6) is 5.75 Å². The lowest BCUT2D eigenvalue weighted by atomic mass is 9.75. The Bertz CT molecular complexity index is 870. The monoisotopic (exact) mass is 421 g/mol. The minimum atomic E-state index is -0.575. The van der Waals surface area contributed by atoms with Gasteiger partial charge < -0.3 is 15.4 Å². The molecule has 1 aliphatic heterocycles. The zero-order valence-corrected chi connectivity index (χ0v) is 16.2. The molecule has 1 aromatic rings. The van der Waals surface area contributed by atoms with Crippen LogP contribution >= 0.6 is 27.5 Å². The molecule has 0 spiro atoms. The summed E-state index contributed by atoms with van der Waals surface area (Å²) in [6, 6.07) is 5.64. The van der Waals surface area contributed by atoms with E-state index in [9.17, 15) is 10.1 Å². The maximum absolute atomic E-state index is 12.8. The molecule has 1 aliphatic carbocycles. The quantitative estimate of drug-likeness (QED) is 0.783. The molecule has 25 heavy (non-hydrogen) atoms. The number of halogens is 2. The fraction of sp³-hybridized carbons (Fsp3) is 0.333. The van der Waals surface area contributed by atoms with Gasteiger partial charge >= 0.3 is 0 Å².